The molecule has 0 radical (unpaired) electrons. The van der Waals surface area contributed by atoms with Crippen molar-refractivity contribution in [1.82, 2.24) is 15.0 Å². The second-order valence-corrected chi connectivity index (χ2v) is 6.52. The van der Waals surface area contributed by atoms with Gasteiger partial charge in [-0.3, -0.25) is 14.8 Å². The maximum absolute atomic E-state index is 12.3. The Balaban J connectivity index is 2.40. The van der Waals surface area contributed by atoms with Gasteiger partial charge in [-0.2, -0.15) is 8.42 Å². The number of non-ortho nitro benzene ring substituents is 1. The van der Waals surface area contributed by atoms with Crippen molar-refractivity contribution in [1.29, 1.82) is 0 Å². The Kier molecular flexibility index (Phi) is 3.96. The van der Waals surface area contributed by atoms with E-state index in [-0.39, 0.29) is 21.0 Å². The highest BCUT2D eigenvalue weighted by molar-refractivity contribution is 9.10. The molecule has 2 aromatic rings. The monoisotopic (exact) mass is 375 g/mol. The lowest BCUT2D eigenvalue weighted by atomic mass is 10.2. The third kappa shape index (κ3) is 3.03. The van der Waals surface area contributed by atoms with Gasteiger partial charge in [0, 0.05) is 19.2 Å². The molecular formula is C10H10BrN5O4S. The highest BCUT2D eigenvalue weighted by atomic mass is 79.9. The van der Waals surface area contributed by atoms with Gasteiger partial charge in [0.1, 0.15) is 0 Å². The summed E-state index contributed by atoms with van der Waals surface area (Å²) in [7, 11) is -2.48. The molecule has 2 rings (SSSR count). The molecule has 0 aliphatic heterocycles. The molecule has 112 valence electrons. The first-order valence-corrected chi connectivity index (χ1v) is 7.83. The van der Waals surface area contributed by atoms with Gasteiger partial charge in [-0.25, -0.2) is 4.68 Å². The number of anilines is 1. The van der Waals surface area contributed by atoms with Crippen molar-refractivity contribution < 1.29 is 13.3 Å². The average molecular weight is 376 g/mol. The predicted octanol–water partition coefficient (Wildman–Crippen LogP) is 1.60. The van der Waals surface area contributed by atoms with E-state index in [0.29, 0.717) is 5.56 Å². The van der Waals surface area contributed by atoms with Crippen molar-refractivity contribution >= 4 is 37.3 Å². The third-order valence-corrected chi connectivity index (χ3v) is 4.91. The van der Waals surface area contributed by atoms with Gasteiger partial charge < -0.3 is 0 Å². The van der Waals surface area contributed by atoms with Crippen LogP contribution < -0.4 is 4.72 Å². The summed E-state index contributed by atoms with van der Waals surface area (Å²) in [5.74, 6) is 0. The summed E-state index contributed by atoms with van der Waals surface area (Å²) in [6, 6.07) is 3.85. The Hall–Kier alpha value is -2.01. The summed E-state index contributed by atoms with van der Waals surface area (Å²) in [6.45, 7) is 1.57. The lowest BCUT2D eigenvalue weighted by molar-refractivity contribution is -0.384. The highest BCUT2D eigenvalue weighted by Gasteiger charge is 2.24. The SMILES string of the molecule is Cc1cc([N+](=O)[O-])ccc1NS(=O)(=O)c1c(Br)nnn1C. The molecule has 1 aromatic heterocycles. The number of nitrogens with zero attached hydrogens (tertiary/aromatic N) is 4. The summed E-state index contributed by atoms with van der Waals surface area (Å²) in [4.78, 5) is 10.1. The number of aromatic nitrogens is 3. The van der Waals surface area contributed by atoms with Gasteiger partial charge in [0.2, 0.25) is 5.03 Å². The number of hydrogen-bond donors (Lipinski definition) is 1. The molecule has 11 heteroatoms. The number of hydrogen-bond acceptors (Lipinski definition) is 6. The molecule has 1 aromatic carbocycles. The Bertz CT molecular complexity index is 797. The van der Waals surface area contributed by atoms with Crippen molar-refractivity contribution in [2.45, 2.75) is 11.9 Å². The Morgan fingerprint density at radius 3 is 2.57 bits per heavy atom. The summed E-state index contributed by atoms with van der Waals surface area (Å²) in [6.07, 6.45) is 0. The van der Waals surface area contributed by atoms with Crippen LogP contribution in [0.2, 0.25) is 0 Å². The number of nitro benzene ring substituents is 1. The van der Waals surface area contributed by atoms with E-state index < -0.39 is 14.9 Å². The van der Waals surface area contributed by atoms with E-state index in [1.54, 1.807) is 6.92 Å². The van der Waals surface area contributed by atoms with E-state index in [2.05, 4.69) is 31.0 Å². The number of rotatable bonds is 4. The second-order valence-electron chi connectivity index (χ2n) is 4.17. The van der Waals surface area contributed by atoms with E-state index in [0.717, 1.165) is 4.68 Å². The van der Waals surface area contributed by atoms with Crippen molar-refractivity contribution in [2.24, 2.45) is 7.05 Å². The molecule has 0 saturated carbocycles. The molecule has 0 fully saturated rings. The Morgan fingerprint density at radius 1 is 1.43 bits per heavy atom. The van der Waals surface area contributed by atoms with Crippen LogP contribution in [0.3, 0.4) is 0 Å². The maximum atomic E-state index is 12.3. The quantitative estimate of drug-likeness (QED) is 0.639. The number of sulfonamides is 1. The van der Waals surface area contributed by atoms with Crippen LogP contribution in [0, 0.1) is 17.0 Å². The van der Waals surface area contributed by atoms with Crippen LogP contribution in [0.25, 0.3) is 0 Å². The number of halogens is 1. The zero-order valence-electron chi connectivity index (χ0n) is 10.9. The smallest absolute Gasteiger partial charge is 0.278 e. The summed E-state index contributed by atoms with van der Waals surface area (Å²) < 4.78 is 28.1. The van der Waals surface area contributed by atoms with E-state index in [9.17, 15) is 18.5 Å². The first kappa shape index (κ1) is 15.4. The minimum atomic E-state index is -3.92. The molecule has 1 heterocycles. The molecule has 0 bridgehead atoms. The number of aryl methyl sites for hydroxylation is 2. The topological polar surface area (TPSA) is 120 Å². The summed E-state index contributed by atoms with van der Waals surface area (Å²) >= 11 is 3.01. The molecule has 0 unspecified atom stereocenters. The Labute approximate surface area is 128 Å². The molecular weight excluding hydrogens is 366 g/mol. The van der Waals surface area contributed by atoms with E-state index >= 15 is 0 Å². The number of nitrogens with one attached hydrogen (secondary N) is 1. The van der Waals surface area contributed by atoms with Crippen molar-refractivity contribution in [2.75, 3.05) is 4.72 Å². The van der Waals surface area contributed by atoms with E-state index in [1.807, 2.05) is 0 Å². The lowest BCUT2D eigenvalue weighted by Crippen LogP contribution is -2.17. The molecule has 9 nitrogen and oxygen atoms in total. The maximum Gasteiger partial charge on any atom is 0.281 e. The minimum absolute atomic E-state index is 0.0806. The zero-order chi connectivity index (χ0) is 15.8. The van der Waals surface area contributed by atoms with E-state index in [4.69, 9.17) is 0 Å². The molecule has 21 heavy (non-hydrogen) atoms. The van der Waals surface area contributed by atoms with Gasteiger partial charge in [-0.05, 0) is 34.5 Å². The van der Waals surface area contributed by atoms with Gasteiger partial charge in [-0.15, -0.1) is 5.10 Å². The zero-order valence-corrected chi connectivity index (χ0v) is 13.3. The van der Waals surface area contributed by atoms with Crippen LogP contribution in [0.4, 0.5) is 11.4 Å². The standard InChI is InChI=1S/C10H10BrN5O4S/c1-6-5-7(16(17)18)3-4-8(6)13-21(19,20)10-9(11)12-14-15(10)2/h3-5,13H,1-2H3. The molecule has 1 N–H and O–H groups in total. The van der Waals surface area contributed by atoms with Gasteiger partial charge in [-0.1, -0.05) is 5.21 Å². The molecule has 0 aliphatic carbocycles. The van der Waals surface area contributed by atoms with Gasteiger partial charge in [0.15, 0.2) is 4.60 Å². The summed E-state index contributed by atoms with van der Waals surface area (Å²) in [5.41, 5.74) is 0.562. The molecule has 0 saturated heterocycles. The Morgan fingerprint density at radius 2 is 2.10 bits per heavy atom. The van der Waals surface area contributed by atoms with E-state index in [1.165, 1.54) is 25.2 Å². The van der Waals surface area contributed by atoms with Crippen molar-refractivity contribution in [3.63, 3.8) is 0 Å². The van der Waals surface area contributed by atoms with Gasteiger partial charge >= 0.3 is 0 Å². The highest BCUT2D eigenvalue weighted by Crippen LogP contribution is 2.25. The fourth-order valence-electron chi connectivity index (χ4n) is 1.68. The molecule has 0 atom stereocenters. The normalized spacial score (nSPS) is 11.4. The van der Waals surface area contributed by atoms with Crippen LogP contribution in [0.1, 0.15) is 5.56 Å². The van der Waals surface area contributed by atoms with Crippen LogP contribution in [0.15, 0.2) is 27.8 Å². The summed E-state index contributed by atoms with van der Waals surface area (Å²) in [5, 5.41) is 17.7. The number of nitro groups is 1. The van der Waals surface area contributed by atoms with Crippen molar-refractivity contribution in [3.8, 4) is 0 Å². The minimum Gasteiger partial charge on any atom is -0.278 e. The first-order chi connectivity index (χ1) is 9.72. The number of benzene rings is 1. The van der Waals surface area contributed by atoms with Crippen LogP contribution >= 0.6 is 15.9 Å². The van der Waals surface area contributed by atoms with Crippen LogP contribution in [0.5, 0.6) is 0 Å². The van der Waals surface area contributed by atoms with Crippen LogP contribution in [-0.2, 0) is 17.1 Å². The average Bonchev–Trinajstić information content (AvgIpc) is 2.71. The third-order valence-electron chi connectivity index (χ3n) is 2.66. The molecule has 0 spiro atoms. The van der Waals surface area contributed by atoms with Gasteiger partial charge in [0.25, 0.3) is 15.7 Å². The lowest BCUT2D eigenvalue weighted by Gasteiger charge is -2.10. The largest absolute Gasteiger partial charge is 0.281 e. The van der Waals surface area contributed by atoms with Crippen LogP contribution in [-0.4, -0.2) is 28.3 Å². The predicted molar refractivity (Wildman–Crippen MR) is 77.3 cm³/mol. The fraction of sp³-hybridized carbons (Fsp3) is 0.200. The fourth-order valence-corrected chi connectivity index (χ4v) is 3.91. The molecule has 0 amide bonds. The van der Waals surface area contributed by atoms with Gasteiger partial charge in [0.05, 0.1) is 10.6 Å². The first-order valence-electron chi connectivity index (χ1n) is 5.55. The van der Waals surface area contributed by atoms with Crippen molar-refractivity contribution in [3.05, 3.63) is 38.5 Å². The molecule has 0 aliphatic rings. The second kappa shape index (κ2) is 5.41.